The number of carbonyl (C=O) groups is 2. The third kappa shape index (κ3) is 3.81. The number of hydrogen-bond donors (Lipinski definition) is 0. The van der Waals surface area contributed by atoms with Crippen LogP contribution in [0.15, 0.2) is 23.3 Å². The molecule has 0 radical (unpaired) electrons. The topological polar surface area (TPSA) is 52.6 Å². The first-order chi connectivity index (χ1) is 13.5. The van der Waals surface area contributed by atoms with E-state index in [4.69, 9.17) is 9.16 Å². The summed E-state index contributed by atoms with van der Waals surface area (Å²) >= 11 is 0. The molecule has 1 aliphatic heterocycles. The van der Waals surface area contributed by atoms with Crippen molar-refractivity contribution >= 4 is 20.3 Å². The summed E-state index contributed by atoms with van der Waals surface area (Å²) in [6, 6.07) is 0. The van der Waals surface area contributed by atoms with Crippen molar-refractivity contribution in [2.45, 2.75) is 109 Å². The summed E-state index contributed by atoms with van der Waals surface area (Å²) in [6.45, 7) is 18.3. The zero-order valence-electron chi connectivity index (χ0n) is 19.1. The molecule has 0 saturated heterocycles. The van der Waals surface area contributed by atoms with Crippen LogP contribution in [0.25, 0.3) is 0 Å². The molecule has 5 heteroatoms. The Morgan fingerprint density at radius 2 is 1.59 bits per heavy atom. The summed E-state index contributed by atoms with van der Waals surface area (Å²) in [4.78, 5) is 24.6. The molecule has 0 aromatic heterocycles. The Bertz CT molecular complexity index is 711. The number of hydrogen-bond acceptors (Lipinski definition) is 4. The molecule has 3 aliphatic rings. The first-order valence-electron chi connectivity index (χ1n) is 11.4. The number of ether oxygens (including phenoxy) is 1. The standard InChI is InChI=1S/C24H38O4Si/c1-15(2)29(16(3)4,17(5)6)28-24-11-9-8-10-19(24)13-21-20(12-18(7)14-24)22(25)27-23(21)26/h15-17,19H,7-14H2,1-6H3/t19-,24+/m1/s1. The molecule has 1 fully saturated rings. The van der Waals surface area contributed by atoms with Crippen LogP contribution in [0.1, 0.15) is 86.5 Å². The van der Waals surface area contributed by atoms with E-state index in [1.807, 2.05) is 0 Å². The predicted octanol–water partition coefficient (Wildman–Crippen LogP) is 6.23. The van der Waals surface area contributed by atoms with E-state index in [1.165, 1.54) is 0 Å². The Hall–Kier alpha value is -1.20. The van der Waals surface area contributed by atoms with E-state index in [1.54, 1.807) is 0 Å². The largest absolute Gasteiger partial charge is 0.410 e. The summed E-state index contributed by atoms with van der Waals surface area (Å²) < 4.78 is 12.5. The van der Waals surface area contributed by atoms with Crippen LogP contribution in [0.4, 0.5) is 0 Å². The van der Waals surface area contributed by atoms with E-state index < -0.39 is 20.3 Å². The van der Waals surface area contributed by atoms with Crippen molar-refractivity contribution in [2.75, 3.05) is 0 Å². The molecule has 1 saturated carbocycles. The lowest BCUT2D eigenvalue weighted by atomic mass is 9.68. The minimum atomic E-state index is -2.11. The van der Waals surface area contributed by atoms with Gasteiger partial charge in [-0.2, -0.15) is 0 Å². The molecule has 3 rings (SSSR count). The minimum Gasteiger partial charge on any atom is -0.410 e. The van der Waals surface area contributed by atoms with E-state index in [2.05, 4.69) is 48.1 Å². The zero-order valence-corrected chi connectivity index (χ0v) is 20.1. The van der Waals surface area contributed by atoms with E-state index >= 15 is 0 Å². The minimum absolute atomic E-state index is 0.236. The third-order valence-corrected chi connectivity index (χ3v) is 13.9. The van der Waals surface area contributed by atoms with Gasteiger partial charge in [0.15, 0.2) is 0 Å². The highest BCUT2D eigenvalue weighted by Crippen LogP contribution is 2.53. The Morgan fingerprint density at radius 1 is 1.00 bits per heavy atom. The van der Waals surface area contributed by atoms with Crippen molar-refractivity contribution in [1.29, 1.82) is 0 Å². The van der Waals surface area contributed by atoms with Gasteiger partial charge >= 0.3 is 11.9 Å². The monoisotopic (exact) mass is 418 g/mol. The molecule has 2 aliphatic carbocycles. The second-order valence-electron chi connectivity index (χ2n) is 10.4. The van der Waals surface area contributed by atoms with E-state index in [0.717, 1.165) is 37.7 Å². The Morgan fingerprint density at radius 3 is 2.17 bits per heavy atom. The Kier molecular flexibility index (Phi) is 6.31. The molecule has 0 aromatic carbocycles. The number of carbonyl (C=O) groups excluding carboxylic acids is 2. The molecule has 0 spiro atoms. The number of fused-ring (bicyclic) bond motifs is 1. The molecule has 0 N–H and O–H groups in total. The zero-order chi connectivity index (χ0) is 21.6. The molecular weight excluding hydrogens is 380 g/mol. The lowest BCUT2D eigenvalue weighted by molar-refractivity contribution is -0.151. The van der Waals surface area contributed by atoms with Crippen LogP contribution >= 0.6 is 0 Å². The van der Waals surface area contributed by atoms with Crippen molar-refractivity contribution in [3.8, 4) is 0 Å². The van der Waals surface area contributed by atoms with Crippen LogP contribution in [0.5, 0.6) is 0 Å². The maximum atomic E-state index is 12.4. The molecule has 0 amide bonds. The number of cyclic esters (lactones) is 2. The molecule has 0 aromatic rings. The molecule has 162 valence electrons. The van der Waals surface area contributed by atoms with Gasteiger partial charge in [0, 0.05) is 12.0 Å². The van der Waals surface area contributed by atoms with E-state index in [-0.39, 0.29) is 11.5 Å². The fraction of sp³-hybridized carbons (Fsp3) is 0.750. The molecule has 0 bridgehead atoms. The van der Waals surface area contributed by atoms with E-state index in [0.29, 0.717) is 40.6 Å². The van der Waals surface area contributed by atoms with Gasteiger partial charge in [0.05, 0.1) is 11.2 Å². The van der Waals surface area contributed by atoms with Crippen LogP contribution in [-0.2, 0) is 18.8 Å². The molecule has 4 nitrogen and oxygen atoms in total. The van der Waals surface area contributed by atoms with Crippen molar-refractivity contribution < 1.29 is 18.8 Å². The summed E-state index contributed by atoms with van der Waals surface area (Å²) in [7, 11) is -2.11. The highest BCUT2D eigenvalue weighted by atomic mass is 28.4. The SMILES string of the molecule is C=C1CC2=C(C[C@H]3CCCC[C@]3(O[Si](C(C)C)(C(C)C)C(C)C)C1)C(=O)OC2=O. The summed E-state index contributed by atoms with van der Waals surface area (Å²) in [5.74, 6) is -0.676. The van der Waals surface area contributed by atoms with Gasteiger partial charge in [-0.25, -0.2) is 9.59 Å². The van der Waals surface area contributed by atoms with Crippen LogP contribution < -0.4 is 0 Å². The summed E-state index contributed by atoms with van der Waals surface area (Å²) in [5, 5.41) is 0. The van der Waals surface area contributed by atoms with Crippen LogP contribution in [0.3, 0.4) is 0 Å². The van der Waals surface area contributed by atoms with Crippen molar-refractivity contribution in [3.05, 3.63) is 23.3 Å². The third-order valence-electron chi connectivity index (χ3n) is 7.70. The maximum Gasteiger partial charge on any atom is 0.342 e. The van der Waals surface area contributed by atoms with Crippen molar-refractivity contribution in [1.82, 2.24) is 0 Å². The second kappa shape index (κ2) is 8.14. The lowest BCUT2D eigenvalue weighted by Crippen LogP contribution is -2.58. The maximum absolute atomic E-state index is 12.4. The Labute approximate surface area is 177 Å². The van der Waals surface area contributed by atoms with Gasteiger partial charge in [-0.05, 0) is 48.2 Å². The highest BCUT2D eigenvalue weighted by molar-refractivity contribution is 6.77. The molecule has 29 heavy (non-hydrogen) atoms. The smallest absolute Gasteiger partial charge is 0.342 e. The van der Waals surface area contributed by atoms with Gasteiger partial charge in [0.1, 0.15) is 0 Å². The van der Waals surface area contributed by atoms with Crippen LogP contribution in [-0.4, -0.2) is 25.9 Å². The van der Waals surface area contributed by atoms with E-state index in [9.17, 15) is 9.59 Å². The second-order valence-corrected chi connectivity index (χ2v) is 15.7. The highest BCUT2D eigenvalue weighted by Gasteiger charge is 2.54. The van der Waals surface area contributed by atoms with Crippen molar-refractivity contribution in [2.24, 2.45) is 5.92 Å². The fourth-order valence-electron chi connectivity index (χ4n) is 6.50. The summed E-state index contributed by atoms with van der Waals surface area (Å²) in [6.07, 6.45) is 6.18. The van der Waals surface area contributed by atoms with Crippen LogP contribution in [0, 0.1) is 5.92 Å². The lowest BCUT2D eigenvalue weighted by Gasteiger charge is -2.54. The fourth-order valence-corrected chi connectivity index (χ4v) is 12.3. The quantitative estimate of drug-likeness (QED) is 0.230. The van der Waals surface area contributed by atoms with Gasteiger partial charge in [-0.3, -0.25) is 0 Å². The average Bonchev–Trinajstić information content (AvgIpc) is 2.85. The van der Waals surface area contributed by atoms with Gasteiger partial charge < -0.3 is 9.16 Å². The van der Waals surface area contributed by atoms with Gasteiger partial charge in [-0.15, -0.1) is 0 Å². The first kappa shape index (κ1) is 22.5. The number of esters is 2. The molecule has 2 atom stereocenters. The number of rotatable bonds is 5. The van der Waals surface area contributed by atoms with Crippen molar-refractivity contribution in [3.63, 3.8) is 0 Å². The normalized spacial score (nSPS) is 28.6. The Balaban J connectivity index is 2.07. The van der Waals surface area contributed by atoms with Crippen LogP contribution in [0.2, 0.25) is 16.6 Å². The van der Waals surface area contributed by atoms with Gasteiger partial charge in [0.2, 0.25) is 8.32 Å². The van der Waals surface area contributed by atoms with Gasteiger partial charge in [0.25, 0.3) is 0 Å². The average molecular weight is 419 g/mol. The molecule has 0 unspecified atom stereocenters. The van der Waals surface area contributed by atoms with Gasteiger partial charge in [-0.1, -0.05) is 66.5 Å². The first-order valence-corrected chi connectivity index (χ1v) is 13.5. The molecule has 1 heterocycles. The summed E-state index contributed by atoms with van der Waals surface area (Å²) in [5.41, 5.74) is 3.36. The molecular formula is C24H38O4Si. The predicted molar refractivity (Wildman–Crippen MR) is 118 cm³/mol.